The number of sulfonamides is 1. The average molecular weight is 459 g/mol. The number of methoxy groups -OCH3 is 2. The molecule has 9 heteroatoms. The van der Waals surface area contributed by atoms with Crippen molar-refractivity contribution in [1.82, 2.24) is 0 Å². The lowest BCUT2D eigenvalue weighted by Crippen LogP contribution is -2.29. The molecule has 0 atom stereocenters. The molecule has 32 heavy (non-hydrogen) atoms. The first-order chi connectivity index (χ1) is 15.2. The molecule has 0 heterocycles. The van der Waals surface area contributed by atoms with Crippen molar-refractivity contribution in [2.24, 2.45) is 0 Å². The van der Waals surface area contributed by atoms with E-state index in [1.54, 1.807) is 24.3 Å². The molecule has 7 nitrogen and oxygen atoms in total. The number of carbonyl (C=O) groups excluding carboxylic acids is 1. The van der Waals surface area contributed by atoms with E-state index in [1.165, 1.54) is 56.7 Å². The number of amides is 1. The van der Waals surface area contributed by atoms with Gasteiger partial charge >= 0.3 is 0 Å². The van der Waals surface area contributed by atoms with Crippen molar-refractivity contribution >= 4 is 27.3 Å². The third-order valence-electron chi connectivity index (χ3n) is 4.75. The van der Waals surface area contributed by atoms with Gasteiger partial charge in [-0.05, 0) is 42.5 Å². The lowest BCUT2D eigenvalue weighted by Gasteiger charge is -2.23. The number of carbonyl (C=O) groups is 1. The van der Waals surface area contributed by atoms with Gasteiger partial charge in [-0.2, -0.15) is 0 Å². The highest BCUT2D eigenvalue weighted by atomic mass is 32.2. The van der Waals surface area contributed by atoms with Crippen molar-refractivity contribution in [3.05, 3.63) is 83.7 Å². The molecular weight excluding hydrogens is 435 g/mol. The summed E-state index contributed by atoms with van der Waals surface area (Å²) in [5.41, 5.74) is 1.33. The Hall–Kier alpha value is -3.59. The van der Waals surface area contributed by atoms with Crippen LogP contribution in [0.5, 0.6) is 11.5 Å². The lowest BCUT2D eigenvalue weighted by molar-refractivity contribution is 0.102. The second-order valence-corrected chi connectivity index (χ2v) is 8.84. The Labute approximate surface area is 186 Å². The van der Waals surface area contributed by atoms with Crippen LogP contribution in [0.4, 0.5) is 15.8 Å². The van der Waals surface area contributed by atoms with Crippen molar-refractivity contribution in [2.75, 3.05) is 30.1 Å². The first kappa shape index (κ1) is 23.1. The molecule has 0 aliphatic carbocycles. The van der Waals surface area contributed by atoms with Gasteiger partial charge in [0.15, 0.2) is 0 Å². The Morgan fingerprint density at radius 3 is 2.28 bits per heavy atom. The Balaban J connectivity index is 1.82. The van der Waals surface area contributed by atoms with E-state index < -0.39 is 21.7 Å². The number of nitrogens with one attached hydrogen (secondary N) is 1. The van der Waals surface area contributed by atoms with E-state index in [-0.39, 0.29) is 12.1 Å². The molecule has 1 N–H and O–H groups in total. The SMILES string of the molecule is COc1ccc(NC(=O)c2ccc(N(Cc3ccccc3F)S(C)(=O)=O)cc2)c(OC)c1. The van der Waals surface area contributed by atoms with Gasteiger partial charge in [0, 0.05) is 17.2 Å². The van der Waals surface area contributed by atoms with Crippen molar-refractivity contribution < 1.29 is 27.1 Å². The molecule has 0 aliphatic rings. The third kappa shape index (κ3) is 5.36. The van der Waals surface area contributed by atoms with Crippen LogP contribution in [0.1, 0.15) is 15.9 Å². The van der Waals surface area contributed by atoms with Gasteiger partial charge in [0.2, 0.25) is 10.0 Å². The van der Waals surface area contributed by atoms with E-state index in [0.717, 1.165) is 10.6 Å². The van der Waals surface area contributed by atoms with Gasteiger partial charge in [-0.1, -0.05) is 18.2 Å². The first-order valence-corrected chi connectivity index (χ1v) is 11.4. The molecule has 3 rings (SSSR count). The molecular formula is C23H23FN2O5S. The molecule has 3 aromatic rings. The number of halogens is 1. The van der Waals surface area contributed by atoms with Crippen molar-refractivity contribution in [3.8, 4) is 11.5 Å². The van der Waals surface area contributed by atoms with Crippen LogP contribution in [0.2, 0.25) is 0 Å². The summed E-state index contributed by atoms with van der Waals surface area (Å²) in [6, 6.07) is 17.0. The molecule has 0 bridgehead atoms. The van der Waals surface area contributed by atoms with Crippen LogP contribution >= 0.6 is 0 Å². The van der Waals surface area contributed by atoms with Gasteiger partial charge < -0.3 is 14.8 Å². The minimum Gasteiger partial charge on any atom is -0.497 e. The molecule has 0 aromatic heterocycles. The van der Waals surface area contributed by atoms with E-state index in [4.69, 9.17) is 9.47 Å². The predicted molar refractivity (Wildman–Crippen MR) is 121 cm³/mol. The summed E-state index contributed by atoms with van der Waals surface area (Å²) in [4.78, 5) is 12.7. The maximum absolute atomic E-state index is 14.0. The van der Waals surface area contributed by atoms with Crippen LogP contribution in [0.15, 0.2) is 66.7 Å². The number of rotatable bonds is 8. The van der Waals surface area contributed by atoms with Gasteiger partial charge in [0.1, 0.15) is 17.3 Å². The zero-order valence-corrected chi connectivity index (χ0v) is 18.6. The van der Waals surface area contributed by atoms with Gasteiger partial charge in [0.25, 0.3) is 5.91 Å². The minimum absolute atomic E-state index is 0.167. The number of nitrogens with zero attached hydrogens (tertiary/aromatic N) is 1. The zero-order valence-electron chi connectivity index (χ0n) is 17.8. The normalized spacial score (nSPS) is 11.0. The standard InChI is InChI=1S/C23H23FN2O5S/c1-30-19-12-13-21(22(14-19)31-2)25-23(27)16-8-10-18(11-9-16)26(32(3,28)29)15-17-6-4-5-7-20(17)24/h4-14H,15H2,1-3H3,(H,25,27). The number of anilines is 2. The molecule has 0 spiro atoms. The van der Waals surface area contributed by atoms with E-state index in [2.05, 4.69) is 5.32 Å². The molecule has 168 valence electrons. The number of hydrogen-bond donors (Lipinski definition) is 1. The van der Waals surface area contributed by atoms with Crippen LogP contribution in [-0.2, 0) is 16.6 Å². The first-order valence-electron chi connectivity index (χ1n) is 9.57. The summed E-state index contributed by atoms with van der Waals surface area (Å²) in [7, 11) is -0.683. The van der Waals surface area contributed by atoms with Crippen molar-refractivity contribution in [1.29, 1.82) is 0 Å². The largest absolute Gasteiger partial charge is 0.497 e. The molecule has 0 radical (unpaired) electrons. The van der Waals surface area contributed by atoms with E-state index in [1.807, 2.05) is 0 Å². The summed E-state index contributed by atoms with van der Waals surface area (Å²) in [5, 5.41) is 2.75. The van der Waals surface area contributed by atoms with Crippen LogP contribution in [0.25, 0.3) is 0 Å². The Kier molecular flexibility index (Phi) is 6.99. The summed E-state index contributed by atoms with van der Waals surface area (Å²) in [6.07, 6.45) is 1.05. The fourth-order valence-corrected chi connectivity index (χ4v) is 3.93. The molecule has 3 aromatic carbocycles. The van der Waals surface area contributed by atoms with Crippen molar-refractivity contribution in [3.63, 3.8) is 0 Å². The zero-order chi connectivity index (χ0) is 23.3. The summed E-state index contributed by atoms with van der Waals surface area (Å²) in [5.74, 6) is 0.119. The highest BCUT2D eigenvalue weighted by molar-refractivity contribution is 7.92. The maximum atomic E-state index is 14.0. The smallest absolute Gasteiger partial charge is 0.255 e. The fraction of sp³-hybridized carbons (Fsp3) is 0.174. The Morgan fingerprint density at radius 1 is 1.00 bits per heavy atom. The molecule has 1 amide bonds. The van der Waals surface area contributed by atoms with Crippen LogP contribution < -0.4 is 19.1 Å². The van der Waals surface area contributed by atoms with Gasteiger partial charge in [-0.25, -0.2) is 12.8 Å². The van der Waals surface area contributed by atoms with Gasteiger partial charge in [-0.15, -0.1) is 0 Å². The second kappa shape index (κ2) is 9.69. The third-order valence-corrected chi connectivity index (χ3v) is 5.89. The quantitative estimate of drug-likeness (QED) is 0.550. The summed E-state index contributed by atoms with van der Waals surface area (Å²) in [6.45, 7) is -0.167. The number of benzene rings is 3. The average Bonchev–Trinajstić information content (AvgIpc) is 2.78. The predicted octanol–water partition coefficient (Wildman–Crippen LogP) is 4.06. The maximum Gasteiger partial charge on any atom is 0.255 e. The summed E-state index contributed by atoms with van der Waals surface area (Å²) >= 11 is 0. The van der Waals surface area contributed by atoms with E-state index in [0.29, 0.717) is 28.4 Å². The van der Waals surface area contributed by atoms with E-state index >= 15 is 0 Å². The highest BCUT2D eigenvalue weighted by Gasteiger charge is 2.20. The second-order valence-electron chi connectivity index (χ2n) is 6.93. The highest BCUT2D eigenvalue weighted by Crippen LogP contribution is 2.29. The Morgan fingerprint density at radius 2 is 1.69 bits per heavy atom. The number of ether oxygens (including phenoxy) is 2. The van der Waals surface area contributed by atoms with Crippen LogP contribution in [0, 0.1) is 5.82 Å². The molecule has 0 fully saturated rings. The van der Waals surface area contributed by atoms with Crippen molar-refractivity contribution in [2.45, 2.75) is 6.54 Å². The van der Waals surface area contributed by atoms with E-state index in [9.17, 15) is 17.6 Å². The molecule has 0 saturated heterocycles. The number of hydrogen-bond acceptors (Lipinski definition) is 5. The topological polar surface area (TPSA) is 84.9 Å². The monoisotopic (exact) mass is 458 g/mol. The van der Waals surface area contributed by atoms with Gasteiger partial charge in [0.05, 0.1) is 38.4 Å². The molecule has 0 aliphatic heterocycles. The molecule has 0 unspecified atom stereocenters. The fourth-order valence-electron chi connectivity index (χ4n) is 3.06. The van der Waals surface area contributed by atoms with Crippen LogP contribution in [0.3, 0.4) is 0 Å². The minimum atomic E-state index is -3.69. The summed E-state index contributed by atoms with van der Waals surface area (Å²) < 4.78 is 50.2. The lowest BCUT2D eigenvalue weighted by atomic mass is 10.1. The Bertz CT molecular complexity index is 1210. The molecule has 0 saturated carbocycles. The van der Waals surface area contributed by atoms with Crippen LogP contribution in [-0.4, -0.2) is 34.8 Å². The van der Waals surface area contributed by atoms with Gasteiger partial charge in [-0.3, -0.25) is 9.10 Å².